The van der Waals surface area contributed by atoms with E-state index in [0.717, 1.165) is 23.9 Å². The summed E-state index contributed by atoms with van der Waals surface area (Å²) in [5.74, 6) is 1.16. The molecule has 0 saturated carbocycles. The number of imidazole rings is 1. The first-order valence-corrected chi connectivity index (χ1v) is 7.59. The lowest BCUT2D eigenvalue weighted by molar-refractivity contribution is 0.543. The van der Waals surface area contributed by atoms with E-state index in [9.17, 15) is 4.21 Å². The molecule has 0 fully saturated rings. The molecule has 98 valence electrons. The molecule has 2 aromatic rings. The predicted octanol–water partition coefficient (Wildman–Crippen LogP) is 2.69. The normalized spacial score (nSPS) is 13.3. The van der Waals surface area contributed by atoms with E-state index in [4.69, 9.17) is 5.73 Å². The van der Waals surface area contributed by atoms with Gasteiger partial charge in [-0.1, -0.05) is 26.7 Å². The lowest BCUT2D eigenvalue weighted by Crippen LogP contribution is -2.10. The van der Waals surface area contributed by atoms with E-state index in [1.165, 1.54) is 0 Å². The molecule has 4 nitrogen and oxygen atoms in total. The van der Waals surface area contributed by atoms with Crippen molar-refractivity contribution >= 4 is 27.5 Å². The molecule has 1 aromatic heterocycles. The summed E-state index contributed by atoms with van der Waals surface area (Å²) in [7, 11) is -1.06. The van der Waals surface area contributed by atoms with E-state index in [0.29, 0.717) is 22.5 Å². The van der Waals surface area contributed by atoms with Gasteiger partial charge < -0.3 is 10.7 Å². The fraction of sp³-hybridized carbons (Fsp3) is 0.462. The summed E-state index contributed by atoms with van der Waals surface area (Å²) in [6, 6.07) is 5.47. The van der Waals surface area contributed by atoms with Crippen LogP contribution in [0.1, 0.15) is 26.7 Å². The van der Waals surface area contributed by atoms with Crippen molar-refractivity contribution in [2.45, 2.75) is 31.8 Å². The van der Waals surface area contributed by atoms with Gasteiger partial charge in [0, 0.05) is 11.4 Å². The van der Waals surface area contributed by atoms with E-state index in [2.05, 4.69) is 23.8 Å². The van der Waals surface area contributed by atoms with Crippen molar-refractivity contribution in [3.8, 4) is 0 Å². The highest BCUT2D eigenvalue weighted by Gasteiger charge is 2.14. The quantitative estimate of drug-likeness (QED) is 0.816. The number of rotatable bonds is 5. The molecular formula is C13H19N3OS. The number of anilines is 1. The van der Waals surface area contributed by atoms with Gasteiger partial charge >= 0.3 is 0 Å². The monoisotopic (exact) mass is 265 g/mol. The molecule has 18 heavy (non-hydrogen) atoms. The van der Waals surface area contributed by atoms with Crippen LogP contribution < -0.4 is 5.73 Å². The third-order valence-electron chi connectivity index (χ3n) is 3.24. The van der Waals surface area contributed by atoms with Crippen LogP contribution in [0.25, 0.3) is 11.0 Å². The zero-order valence-corrected chi connectivity index (χ0v) is 11.6. The van der Waals surface area contributed by atoms with Crippen LogP contribution in [0.15, 0.2) is 23.4 Å². The highest BCUT2D eigenvalue weighted by molar-refractivity contribution is 7.84. The molecule has 1 heterocycles. The SMILES string of the molecule is CCC(CC)CS(=O)c1nc2ccc(N)cc2[nH]1. The number of nitrogen functional groups attached to an aromatic ring is 1. The average Bonchev–Trinajstić information content (AvgIpc) is 2.78. The van der Waals surface area contributed by atoms with E-state index >= 15 is 0 Å². The van der Waals surface area contributed by atoms with Gasteiger partial charge in [0.2, 0.25) is 0 Å². The van der Waals surface area contributed by atoms with Gasteiger partial charge in [0.1, 0.15) is 0 Å². The van der Waals surface area contributed by atoms with Crippen molar-refractivity contribution in [1.82, 2.24) is 9.97 Å². The predicted molar refractivity (Wildman–Crippen MR) is 75.9 cm³/mol. The maximum Gasteiger partial charge on any atom is 0.197 e. The lowest BCUT2D eigenvalue weighted by Gasteiger charge is -2.09. The van der Waals surface area contributed by atoms with Crippen LogP contribution in [0, 0.1) is 5.92 Å². The Bertz CT molecular complexity index is 560. The third-order valence-corrected chi connectivity index (χ3v) is 4.64. The van der Waals surface area contributed by atoms with E-state index < -0.39 is 10.8 Å². The molecule has 0 amide bonds. The van der Waals surface area contributed by atoms with Crippen molar-refractivity contribution in [3.63, 3.8) is 0 Å². The fourth-order valence-electron chi connectivity index (χ4n) is 1.93. The van der Waals surface area contributed by atoms with Crippen LogP contribution >= 0.6 is 0 Å². The smallest absolute Gasteiger partial charge is 0.197 e. The van der Waals surface area contributed by atoms with Gasteiger partial charge in [-0.15, -0.1) is 0 Å². The van der Waals surface area contributed by atoms with Gasteiger partial charge in [-0.3, -0.25) is 4.21 Å². The van der Waals surface area contributed by atoms with Gasteiger partial charge in [0.05, 0.1) is 21.8 Å². The van der Waals surface area contributed by atoms with Crippen molar-refractivity contribution in [1.29, 1.82) is 0 Å². The Morgan fingerprint density at radius 1 is 1.39 bits per heavy atom. The minimum absolute atomic E-state index is 0.490. The molecule has 0 aliphatic rings. The summed E-state index contributed by atoms with van der Waals surface area (Å²) in [6.45, 7) is 4.26. The largest absolute Gasteiger partial charge is 0.399 e. The van der Waals surface area contributed by atoms with Crippen LogP contribution in [-0.4, -0.2) is 19.9 Å². The summed E-state index contributed by atoms with van der Waals surface area (Å²) < 4.78 is 12.2. The first-order valence-electron chi connectivity index (χ1n) is 6.27. The molecule has 0 aliphatic carbocycles. The van der Waals surface area contributed by atoms with Crippen LogP contribution in [0.2, 0.25) is 0 Å². The van der Waals surface area contributed by atoms with Gasteiger partial charge in [-0.05, 0) is 24.1 Å². The Morgan fingerprint density at radius 3 is 2.78 bits per heavy atom. The van der Waals surface area contributed by atoms with E-state index in [1.54, 1.807) is 6.07 Å². The summed E-state index contributed by atoms with van der Waals surface area (Å²) in [5, 5.41) is 0.558. The lowest BCUT2D eigenvalue weighted by atomic mass is 10.1. The molecule has 0 radical (unpaired) electrons. The Labute approximate surface area is 109 Å². The number of H-pyrrole nitrogens is 1. The second-order valence-electron chi connectivity index (χ2n) is 4.51. The first kappa shape index (κ1) is 13.1. The molecule has 5 heteroatoms. The maximum atomic E-state index is 12.2. The Kier molecular flexibility index (Phi) is 4.01. The van der Waals surface area contributed by atoms with Crippen LogP contribution in [-0.2, 0) is 10.8 Å². The van der Waals surface area contributed by atoms with Crippen molar-refractivity contribution in [2.24, 2.45) is 5.92 Å². The van der Waals surface area contributed by atoms with Gasteiger partial charge in [-0.25, -0.2) is 4.98 Å². The first-order chi connectivity index (χ1) is 8.63. The second kappa shape index (κ2) is 5.52. The molecule has 0 saturated heterocycles. The molecule has 1 aromatic carbocycles. The Balaban J connectivity index is 2.23. The molecule has 2 rings (SSSR count). The van der Waals surface area contributed by atoms with Crippen LogP contribution in [0.3, 0.4) is 0 Å². The third kappa shape index (κ3) is 2.72. The standard InChI is InChI=1S/C13H19N3OS/c1-3-9(4-2)8-18(17)13-15-11-6-5-10(14)7-12(11)16-13/h5-7,9H,3-4,8,14H2,1-2H3,(H,15,16). The van der Waals surface area contributed by atoms with Crippen molar-refractivity contribution < 1.29 is 4.21 Å². The van der Waals surface area contributed by atoms with E-state index in [1.807, 2.05) is 12.1 Å². The highest BCUT2D eigenvalue weighted by atomic mass is 32.2. The summed E-state index contributed by atoms with van der Waals surface area (Å²) in [6.07, 6.45) is 2.10. The second-order valence-corrected chi connectivity index (χ2v) is 5.92. The van der Waals surface area contributed by atoms with Crippen molar-refractivity contribution in [3.05, 3.63) is 18.2 Å². The number of benzene rings is 1. The molecule has 3 N–H and O–H groups in total. The Hall–Kier alpha value is -1.36. The zero-order chi connectivity index (χ0) is 13.1. The topological polar surface area (TPSA) is 71.8 Å². The molecule has 0 spiro atoms. The number of fused-ring (bicyclic) bond motifs is 1. The van der Waals surface area contributed by atoms with Crippen molar-refractivity contribution in [2.75, 3.05) is 11.5 Å². The summed E-state index contributed by atoms with van der Waals surface area (Å²) in [5.41, 5.74) is 8.06. The maximum absolute atomic E-state index is 12.2. The number of aromatic amines is 1. The number of hydrogen-bond acceptors (Lipinski definition) is 3. The average molecular weight is 265 g/mol. The minimum atomic E-state index is -1.06. The highest BCUT2D eigenvalue weighted by Crippen LogP contribution is 2.18. The molecule has 0 aliphatic heterocycles. The number of nitrogens with zero attached hydrogens (tertiary/aromatic N) is 1. The van der Waals surface area contributed by atoms with Crippen LogP contribution in [0.4, 0.5) is 5.69 Å². The molecule has 0 bridgehead atoms. The number of nitrogens with one attached hydrogen (secondary N) is 1. The van der Waals surface area contributed by atoms with Gasteiger partial charge in [-0.2, -0.15) is 0 Å². The fourth-order valence-corrected chi connectivity index (χ4v) is 3.41. The van der Waals surface area contributed by atoms with Crippen LogP contribution in [0.5, 0.6) is 0 Å². The summed E-state index contributed by atoms with van der Waals surface area (Å²) in [4.78, 5) is 7.46. The number of nitrogens with two attached hydrogens (primary N) is 1. The molecule has 1 unspecified atom stereocenters. The molecule has 1 atom stereocenters. The number of aromatic nitrogens is 2. The zero-order valence-electron chi connectivity index (χ0n) is 10.8. The van der Waals surface area contributed by atoms with E-state index in [-0.39, 0.29) is 0 Å². The summed E-state index contributed by atoms with van der Waals surface area (Å²) >= 11 is 0. The molecular weight excluding hydrogens is 246 g/mol. The minimum Gasteiger partial charge on any atom is -0.399 e. The number of hydrogen-bond donors (Lipinski definition) is 2. The Morgan fingerprint density at radius 2 is 2.11 bits per heavy atom. The van der Waals surface area contributed by atoms with Gasteiger partial charge in [0.15, 0.2) is 5.16 Å². The van der Waals surface area contributed by atoms with Gasteiger partial charge in [0.25, 0.3) is 0 Å².